The van der Waals surface area contributed by atoms with E-state index in [1.807, 2.05) is 31.2 Å². The molecular weight excluding hydrogens is 540 g/mol. The zero-order valence-electron chi connectivity index (χ0n) is 21.4. The van der Waals surface area contributed by atoms with Gasteiger partial charge in [0.2, 0.25) is 11.8 Å². The predicted octanol–water partition coefficient (Wildman–Crippen LogP) is 5.44. The Morgan fingerprint density at radius 3 is 2.62 bits per heavy atom. The number of aliphatic hydroxyl groups is 1. The van der Waals surface area contributed by atoms with Gasteiger partial charge in [-0.2, -0.15) is 4.98 Å². The van der Waals surface area contributed by atoms with E-state index in [2.05, 4.69) is 10.3 Å². The number of carbonyl (C=O) groups excluding carboxylic acids is 1. The number of benzene rings is 2. The molecule has 3 heterocycles. The van der Waals surface area contributed by atoms with Crippen LogP contribution in [0.15, 0.2) is 53.7 Å². The fourth-order valence-electron chi connectivity index (χ4n) is 4.16. The maximum Gasteiger partial charge on any atom is 0.234 e. The Balaban J connectivity index is 1.46. The topological polar surface area (TPSA) is 116 Å². The summed E-state index contributed by atoms with van der Waals surface area (Å²) in [6.45, 7) is 1.68. The van der Waals surface area contributed by atoms with E-state index in [9.17, 15) is 9.90 Å². The third-order valence-corrected chi connectivity index (χ3v) is 7.49. The minimum atomic E-state index is -0.229. The minimum absolute atomic E-state index is 0.0875. The standard InChI is InChI=1S/C28H25ClN4O5S/c1-15-25-20(17(13-34)12-30-15)11-21-27(38-25)32-26(16-4-7-19(36-2)8-5-16)33-28(21)39-14-24(35)31-18-6-9-23(37-3)22(29)10-18/h4-10,12,34H,11,13-14H2,1-3H3,(H,31,35). The van der Waals surface area contributed by atoms with E-state index in [0.717, 1.165) is 16.7 Å². The molecule has 9 nitrogen and oxygen atoms in total. The molecule has 4 aromatic rings. The van der Waals surface area contributed by atoms with Crippen molar-refractivity contribution in [2.24, 2.45) is 0 Å². The quantitative estimate of drug-likeness (QED) is 0.188. The first-order chi connectivity index (χ1) is 18.9. The van der Waals surface area contributed by atoms with Crippen LogP contribution < -0.4 is 19.5 Å². The number of methoxy groups -OCH3 is 2. The lowest BCUT2D eigenvalue weighted by molar-refractivity contribution is -0.113. The normalized spacial score (nSPS) is 11.7. The molecule has 0 atom stereocenters. The van der Waals surface area contributed by atoms with Crippen molar-refractivity contribution in [3.05, 3.63) is 76.1 Å². The number of nitrogens with zero attached hydrogens (tertiary/aromatic N) is 3. The van der Waals surface area contributed by atoms with Crippen LogP contribution in [0.25, 0.3) is 11.4 Å². The van der Waals surface area contributed by atoms with Gasteiger partial charge in [0.1, 0.15) is 16.5 Å². The smallest absolute Gasteiger partial charge is 0.234 e. The van der Waals surface area contributed by atoms with Gasteiger partial charge >= 0.3 is 0 Å². The number of pyridine rings is 1. The van der Waals surface area contributed by atoms with Crippen molar-refractivity contribution in [1.82, 2.24) is 15.0 Å². The van der Waals surface area contributed by atoms with Crippen LogP contribution in [0.3, 0.4) is 0 Å². The molecule has 0 radical (unpaired) electrons. The number of hydrogen-bond donors (Lipinski definition) is 2. The lowest BCUT2D eigenvalue weighted by atomic mass is 9.99. The Kier molecular flexibility index (Phi) is 7.87. The van der Waals surface area contributed by atoms with E-state index in [1.54, 1.807) is 31.5 Å². The van der Waals surface area contributed by atoms with E-state index in [1.165, 1.54) is 18.9 Å². The third-order valence-electron chi connectivity index (χ3n) is 6.18. The number of thioether (sulfide) groups is 1. The average Bonchev–Trinajstić information content (AvgIpc) is 2.95. The van der Waals surface area contributed by atoms with Gasteiger partial charge in [0.25, 0.3) is 0 Å². The first kappa shape index (κ1) is 26.7. The summed E-state index contributed by atoms with van der Waals surface area (Å²) in [4.78, 5) is 26.7. The molecule has 0 saturated carbocycles. The lowest BCUT2D eigenvalue weighted by Crippen LogP contribution is -2.16. The highest BCUT2D eigenvalue weighted by Crippen LogP contribution is 2.42. The molecule has 200 valence electrons. The number of rotatable bonds is 8. The van der Waals surface area contributed by atoms with Crippen molar-refractivity contribution < 1.29 is 24.1 Å². The van der Waals surface area contributed by atoms with Crippen molar-refractivity contribution in [3.8, 4) is 34.5 Å². The number of halogens is 1. The average molecular weight is 565 g/mol. The molecule has 2 aromatic heterocycles. The fourth-order valence-corrected chi connectivity index (χ4v) is 5.24. The lowest BCUT2D eigenvalue weighted by Gasteiger charge is -2.24. The van der Waals surface area contributed by atoms with Gasteiger partial charge < -0.3 is 24.6 Å². The molecule has 0 unspecified atom stereocenters. The maximum atomic E-state index is 12.9. The third kappa shape index (κ3) is 5.63. The van der Waals surface area contributed by atoms with Crippen LogP contribution in [-0.2, 0) is 17.8 Å². The van der Waals surface area contributed by atoms with Crippen LogP contribution >= 0.6 is 23.4 Å². The Morgan fingerprint density at radius 2 is 1.92 bits per heavy atom. The minimum Gasteiger partial charge on any atom is -0.497 e. The van der Waals surface area contributed by atoms with Gasteiger partial charge in [-0.25, -0.2) is 4.98 Å². The Hall–Kier alpha value is -3.86. The number of anilines is 1. The van der Waals surface area contributed by atoms with E-state index in [-0.39, 0.29) is 18.3 Å². The number of hydrogen-bond acceptors (Lipinski definition) is 9. The molecule has 0 aliphatic carbocycles. The molecule has 2 aromatic carbocycles. The number of aryl methyl sites for hydroxylation is 1. The molecule has 2 N–H and O–H groups in total. The first-order valence-electron chi connectivity index (χ1n) is 12.0. The second-order valence-electron chi connectivity index (χ2n) is 8.66. The summed E-state index contributed by atoms with van der Waals surface area (Å²) in [5.41, 5.74) is 4.27. The largest absolute Gasteiger partial charge is 0.497 e. The monoisotopic (exact) mass is 564 g/mol. The maximum absolute atomic E-state index is 12.9. The number of carbonyl (C=O) groups is 1. The highest BCUT2D eigenvalue weighted by molar-refractivity contribution is 8.00. The van der Waals surface area contributed by atoms with Crippen LogP contribution in [-0.4, -0.2) is 45.9 Å². The summed E-state index contributed by atoms with van der Waals surface area (Å²) in [5, 5.41) is 13.8. The molecule has 39 heavy (non-hydrogen) atoms. The summed E-state index contributed by atoms with van der Waals surface area (Å²) in [6.07, 6.45) is 2.08. The van der Waals surface area contributed by atoms with Crippen molar-refractivity contribution in [3.63, 3.8) is 0 Å². The number of aromatic nitrogens is 3. The van der Waals surface area contributed by atoms with Gasteiger partial charge in [0, 0.05) is 35.0 Å². The van der Waals surface area contributed by atoms with Crippen molar-refractivity contribution in [2.45, 2.75) is 25.0 Å². The molecule has 1 aliphatic heterocycles. The molecule has 0 fully saturated rings. The van der Waals surface area contributed by atoms with E-state index < -0.39 is 0 Å². The van der Waals surface area contributed by atoms with Crippen molar-refractivity contribution in [2.75, 3.05) is 25.3 Å². The number of aliphatic hydroxyl groups excluding tert-OH is 1. The molecule has 11 heteroatoms. The summed E-state index contributed by atoms with van der Waals surface area (Å²) >= 11 is 7.47. The molecule has 0 saturated heterocycles. The second-order valence-corrected chi connectivity index (χ2v) is 10.0. The molecule has 1 amide bonds. The molecule has 0 bridgehead atoms. The van der Waals surface area contributed by atoms with Crippen LogP contribution in [0, 0.1) is 6.92 Å². The van der Waals surface area contributed by atoms with E-state index in [4.69, 9.17) is 35.8 Å². The summed E-state index contributed by atoms with van der Waals surface area (Å²) < 4.78 is 16.7. The van der Waals surface area contributed by atoms with E-state index in [0.29, 0.717) is 62.4 Å². The van der Waals surface area contributed by atoms with Crippen molar-refractivity contribution in [1.29, 1.82) is 0 Å². The van der Waals surface area contributed by atoms with E-state index >= 15 is 0 Å². The first-order valence-corrected chi connectivity index (χ1v) is 13.3. The van der Waals surface area contributed by atoms with Crippen LogP contribution in [0.1, 0.15) is 22.4 Å². The number of nitrogens with one attached hydrogen (secondary N) is 1. The molecule has 5 rings (SSSR count). The number of amides is 1. The van der Waals surface area contributed by atoms with Crippen LogP contribution in [0.5, 0.6) is 23.1 Å². The number of ether oxygens (including phenoxy) is 3. The van der Waals surface area contributed by atoms with Gasteiger partial charge in [-0.1, -0.05) is 23.4 Å². The zero-order valence-corrected chi connectivity index (χ0v) is 23.0. The Morgan fingerprint density at radius 1 is 1.13 bits per heavy atom. The summed E-state index contributed by atoms with van der Waals surface area (Å²) in [5.74, 6) is 2.53. The van der Waals surface area contributed by atoms with Crippen LogP contribution in [0.2, 0.25) is 5.02 Å². The molecule has 0 spiro atoms. The van der Waals surface area contributed by atoms with Crippen LogP contribution in [0.4, 0.5) is 5.69 Å². The highest BCUT2D eigenvalue weighted by Gasteiger charge is 2.28. The van der Waals surface area contributed by atoms with Gasteiger partial charge in [0.15, 0.2) is 11.6 Å². The Labute approximate surface area is 234 Å². The predicted molar refractivity (Wildman–Crippen MR) is 149 cm³/mol. The molecular formula is C28H25ClN4O5S. The summed E-state index contributed by atoms with van der Waals surface area (Å²) in [6, 6.07) is 12.4. The summed E-state index contributed by atoms with van der Waals surface area (Å²) in [7, 11) is 3.13. The van der Waals surface area contributed by atoms with Crippen molar-refractivity contribution >= 4 is 35.0 Å². The van der Waals surface area contributed by atoms with Gasteiger partial charge in [-0.15, -0.1) is 0 Å². The van der Waals surface area contributed by atoms with Gasteiger partial charge in [-0.3, -0.25) is 9.78 Å². The van der Waals surface area contributed by atoms with Gasteiger partial charge in [0.05, 0.1) is 42.9 Å². The highest BCUT2D eigenvalue weighted by atomic mass is 35.5. The number of fused-ring (bicyclic) bond motifs is 2. The zero-order chi connectivity index (χ0) is 27.5. The molecule has 1 aliphatic rings. The SMILES string of the molecule is COc1ccc(-c2nc3c(c(SCC(=O)Nc4ccc(OC)c(Cl)c4)n2)Cc2c(CO)cnc(C)c2O3)cc1. The van der Waals surface area contributed by atoms with Gasteiger partial charge in [-0.05, 0) is 49.4 Å². The Bertz CT molecular complexity index is 1550. The second kappa shape index (κ2) is 11.5. The fraction of sp³-hybridized carbons (Fsp3) is 0.214.